The molecule has 0 saturated carbocycles. The molecule has 0 saturated heterocycles. The highest BCUT2D eigenvalue weighted by molar-refractivity contribution is 6.06. The van der Waals surface area contributed by atoms with Gasteiger partial charge < -0.3 is 15.7 Å². The Hall–Kier alpha value is -3.59. The van der Waals surface area contributed by atoms with Crippen molar-refractivity contribution in [2.75, 3.05) is 5.32 Å². The number of benzene rings is 2. The minimum Gasteiger partial charge on any atom is -0.478 e. The maximum Gasteiger partial charge on any atom is 0.335 e. The molecule has 0 heterocycles. The Morgan fingerprint density at radius 2 is 1.79 bits per heavy atom. The van der Waals surface area contributed by atoms with Crippen LogP contribution in [0.15, 0.2) is 54.2 Å². The molecule has 3 rings (SSSR count). The molecule has 2 aromatic rings. The fourth-order valence-electron chi connectivity index (χ4n) is 3.37. The van der Waals surface area contributed by atoms with Crippen LogP contribution in [0.4, 0.5) is 5.69 Å². The summed E-state index contributed by atoms with van der Waals surface area (Å²) >= 11 is 0. The zero-order chi connectivity index (χ0) is 20.8. The van der Waals surface area contributed by atoms with Gasteiger partial charge in [0.05, 0.1) is 5.56 Å². The number of carbonyl (C=O) groups excluding carboxylic acids is 1. The number of nitriles is 1. The zero-order valence-electron chi connectivity index (χ0n) is 16.2. The summed E-state index contributed by atoms with van der Waals surface area (Å²) in [5, 5.41) is 24.0. The van der Waals surface area contributed by atoms with Gasteiger partial charge in [0.25, 0.3) is 5.91 Å². The van der Waals surface area contributed by atoms with Crippen LogP contribution in [0.5, 0.6) is 0 Å². The number of rotatable bonds is 6. The molecular formula is C23H23N3O3. The summed E-state index contributed by atoms with van der Waals surface area (Å²) in [4.78, 5) is 23.2. The van der Waals surface area contributed by atoms with E-state index in [2.05, 4.69) is 28.8 Å². The summed E-state index contributed by atoms with van der Waals surface area (Å²) < 4.78 is 0. The summed E-state index contributed by atoms with van der Waals surface area (Å²) in [5.41, 5.74) is 4.40. The van der Waals surface area contributed by atoms with Crippen LogP contribution in [-0.2, 0) is 17.6 Å². The standard InChI is InChI=1S/C23H23N3O3/c1-15(18-7-6-16-4-2-3-5-19(16)12-18)25-14-20(13-24)22(27)26-21-10-8-17(9-11-21)23(28)29/h6-12,14-15,25H,2-5H2,1H3,(H,26,27)(H,28,29)/b20-14-. The average Bonchev–Trinajstić information content (AvgIpc) is 2.74. The minimum absolute atomic E-state index is 0.0479. The van der Waals surface area contributed by atoms with E-state index >= 15 is 0 Å². The van der Waals surface area contributed by atoms with Crippen molar-refractivity contribution in [3.63, 3.8) is 0 Å². The molecule has 0 radical (unpaired) electrons. The van der Waals surface area contributed by atoms with E-state index in [0.717, 1.165) is 18.4 Å². The second kappa shape index (κ2) is 9.07. The lowest BCUT2D eigenvalue weighted by Crippen LogP contribution is -2.19. The highest BCUT2D eigenvalue weighted by Crippen LogP contribution is 2.24. The van der Waals surface area contributed by atoms with Crippen LogP contribution in [0, 0.1) is 11.3 Å². The van der Waals surface area contributed by atoms with Gasteiger partial charge in [0.15, 0.2) is 0 Å². The van der Waals surface area contributed by atoms with Gasteiger partial charge in [-0.3, -0.25) is 4.79 Å². The molecule has 1 unspecified atom stereocenters. The lowest BCUT2D eigenvalue weighted by Gasteiger charge is -2.19. The van der Waals surface area contributed by atoms with Crippen molar-refractivity contribution in [3.8, 4) is 6.07 Å². The first-order valence-electron chi connectivity index (χ1n) is 9.60. The van der Waals surface area contributed by atoms with Crippen molar-refractivity contribution in [2.45, 2.75) is 38.6 Å². The molecule has 1 aliphatic rings. The molecule has 0 aromatic heterocycles. The van der Waals surface area contributed by atoms with Crippen LogP contribution < -0.4 is 10.6 Å². The first-order chi connectivity index (χ1) is 14.0. The third-order valence-electron chi connectivity index (χ3n) is 5.11. The Kier molecular flexibility index (Phi) is 6.30. The summed E-state index contributed by atoms with van der Waals surface area (Å²) in [6, 6.07) is 14.1. The number of hydrogen-bond acceptors (Lipinski definition) is 4. The molecular weight excluding hydrogens is 366 g/mol. The summed E-state index contributed by atoms with van der Waals surface area (Å²) in [7, 11) is 0. The number of nitrogens with zero attached hydrogens (tertiary/aromatic N) is 1. The molecule has 0 spiro atoms. The second-order valence-electron chi connectivity index (χ2n) is 7.13. The van der Waals surface area contributed by atoms with Crippen molar-refractivity contribution >= 4 is 17.6 Å². The van der Waals surface area contributed by atoms with Crippen LogP contribution in [0.3, 0.4) is 0 Å². The third kappa shape index (κ3) is 5.02. The molecule has 29 heavy (non-hydrogen) atoms. The number of carbonyl (C=O) groups is 2. The molecule has 3 N–H and O–H groups in total. The van der Waals surface area contributed by atoms with E-state index < -0.39 is 11.9 Å². The maximum absolute atomic E-state index is 12.3. The molecule has 0 aliphatic heterocycles. The van der Waals surface area contributed by atoms with Crippen LogP contribution in [-0.4, -0.2) is 17.0 Å². The predicted molar refractivity (Wildman–Crippen MR) is 110 cm³/mol. The lowest BCUT2D eigenvalue weighted by molar-refractivity contribution is -0.112. The first kappa shape index (κ1) is 20.2. The first-order valence-corrected chi connectivity index (χ1v) is 9.60. The number of nitrogens with one attached hydrogen (secondary N) is 2. The van der Waals surface area contributed by atoms with Gasteiger partial charge in [-0.05, 0) is 73.6 Å². The summed E-state index contributed by atoms with van der Waals surface area (Å²) in [6.45, 7) is 1.98. The van der Waals surface area contributed by atoms with E-state index in [-0.39, 0.29) is 17.2 Å². The van der Waals surface area contributed by atoms with E-state index in [1.165, 1.54) is 54.4 Å². The molecule has 1 atom stereocenters. The van der Waals surface area contributed by atoms with Crippen molar-refractivity contribution in [2.24, 2.45) is 0 Å². The Labute approximate surface area is 169 Å². The van der Waals surface area contributed by atoms with E-state index in [9.17, 15) is 14.9 Å². The van der Waals surface area contributed by atoms with Gasteiger partial charge in [-0.25, -0.2) is 4.79 Å². The van der Waals surface area contributed by atoms with Crippen molar-refractivity contribution in [1.82, 2.24) is 5.32 Å². The molecule has 0 fully saturated rings. The number of aromatic carboxylic acids is 1. The van der Waals surface area contributed by atoms with Crippen molar-refractivity contribution < 1.29 is 14.7 Å². The Morgan fingerprint density at radius 3 is 2.45 bits per heavy atom. The van der Waals surface area contributed by atoms with E-state index in [1.807, 2.05) is 13.0 Å². The van der Waals surface area contributed by atoms with E-state index in [1.54, 1.807) is 0 Å². The highest BCUT2D eigenvalue weighted by atomic mass is 16.4. The van der Waals surface area contributed by atoms with Gasteiger partial charge in [-0.15, -0.1) is 0 Å². The number of anilines is 1. The maximum atomic E-state index is 12.3. The van der Waals surface area contributed by atoms with Gasteiger partial charge in [0.1, 0.15) is 11.6 Å². The SMILES string of the molecule is CC(N/C=C(/C#N)C(=O)Nc1ccc(C(=O)O)cc1)c1ccc2c(c1)CCCC2. The fourth-order valence-corrected chi connectivity index (χ4v) is 3.37. The number of aryl methyl sites for hydroxylation is 2. The minimum atomic E-state index is -1.04. The number of amides is 1. The topological polar surface area (TPSA) is 102 Å². The third-order valence-corrected chi connectivity index (χ3v) is 5.11. The zero-order valence-corrected chi connectivity index (χ0v) is 16.2. The normalized spacial score (nSPS) is 14.3. The average molecular weight is 389 g/mol. The smallest absolute Gasteiger partial charge is 0.335 e. The van der Waals surface area contributed by atoms with Gasteiger partial charge in [0.2, 0.25) is 0 Å². The van der Waals surface area contributed by atoms with Gasteiger partial charge in [-0.2, -0.15) is 5.26 Å². The number of carboxylic acid groups (broad SMARTS) is 1. The van der Waals surface area contributed by atoms with Crippen LogP contribution in [0.2, 0.25) is 0 Å². The van der Waals surface area contributed by atoms with Crippen LogP contribution >= 0.6 is 0 Å². The predicted octanol–water partition coefficient (Wildman–Crippen LogP) is 3.96. The van der Waals surface area contributed by atoms with Crippen LogP contribution in [0.1, 0.15) is 52.9 Å². The molecule has 6 heteroatoms. The van der Waals surface area contributed by atoms with E-state index in [0.29, 0.717) is 5.69 Å². The quantitative estimate of drug-likeness (QED) is 0.513. The van der Waals surface area contributed by atoms with Crippen LogP contribution in [0.25, 0.3) is 0 Å². The number of carboxylic acids is 1. The largest absolute Gasteiger partial charge is 0.478 e. The molecule has 148 valence electrons. The van der Waals surface area contributed by atoms with Gasteiger partial charge in [-0.1, -0.05) is 18.2 Å². The molecule has 1 amide bonds. The molecule has 6 nitrogen and oxygen atoms in total. The molecule has 0 bridgehead atoms. The number of hydrogen-bond donors (Lipinski definition) is 3. The summed E-state index contributed by atoms with van der Waals surface area (Å²) in [6.07, 6.45) is 6.10. The van der Waals surface area contributed by atoms with Gasteiger partial charge in [0, 0.05) is 17.9 Å². The van der Waals surface area contributed by atoms with Gasteiger partial charge >= 0.3 is 5.97 Å². The van der Waals surface area contributed by atoms with E-state index in [4.69, 9.17) is 5.11 Å². The Morgan fingerprint density at radius 1 is 1.10 bits per heavy atom. The lowest BCUT2D eigenvalue weighted by atomic mass is 9.89. The number of fused-ring (bicyclic) bond motifs is 1. The Balaban J connectivity index is 1.65. The summed E-state index contributed by atoms with van der Waals surface area (Å²) in [5.74, 6) is -1.60. The molecule has 1 aliphatic carbocycles. The Bertz CT molecular complexity index is 987. The second-order valence-corrected chi connectivity index (χ2v) is 7.13. The molecule has 2 aromatic carbocycles. The van der Waals surface area contributed by atoms with Crippen molar-refractivity contribution in [1.29, 1.82) is 5.26 Å². The highest BCUT2D eigenvalue weighted by Gasteiger charge is 2.14. The fraction of sp³-hybridized carbons (Fsp3) is 0.261. The monoisotopic (exact) mass is 389 g/mol. The van der Waals surface area contributed by atoms with Crippen molar-refractivity contribution in [3.05, 3.63) is 76.5 Å².